The molecule has 4 nitrogen and oxygen atoms in total. The van der Waals surface area contributed by atoms with Gasteiger partial charge in [0.1, 0.15) is 12.2 Å². The van der Waals surface area contributed by atoms with Crippen LogP contribution in [-0.2, 0) is 6.54 Å². The predicted molar refractivity (Wildman–Crippen MR) is 50.4 cm³/mol. The van der Waals surface area contributed by atoms with Crippen molar-refractivity contribution in [1.29, 1.82) is 0 Å². The van der Waals surface area contributed by atoms with Crippen LogP contribution in [-0.4, -0.2) is 27.9 Å². The van der Waals surface area contributed by atoms with E-state index in [9.17, 15) is 0 Å². The highest BCUT2D eigenvalue weighted by Gasteiger charge is 2.13. The first-order chi connectivity index (χ1) is 6.34. The molecule has 0 unspecified atom stereocenters. The monoisotopic (exact) mass is 180 g/mol. The molecule has 1 aromatic heterocycles. The number of aryl methyl sites for hydroxylation is 1. The molecule has 13 heavy (non-hydrogen) atoms. The molecule has 2 rings (SSSR count). The summed E-state index contributed by atoms with van der Waals surface area (Å²) in [7, 11) is 0. The molecule has 0 amide bonds. The summed E-state index contributed by atoms with van der Waals surface area (Å²) in [6.07, 6.45) is 4.36. The number of nitrogens with one attached hydrogen (secondary N) is 1. The van der Waals surface area contributed by atoms with Crippen molar-refractivity contribution in [3.8, 4) is 0 Å². The van der Waals surface area contributed by atoms with Crippen molar-refractivity contribution in [1.82, 2.24) is 20.1 Å². The number of nitrogens with zero attached hydrogens (tertiary/aromatic N) is 3. The molecule has 1 N–H and O–H groups in total. The zero-order valence-corrected chi connectivity index (χ0v) is 8.03. The van der Waals surface area contributed by atoms with Crippen LogP contribution in [0.5, 0.6) is 0 Å². The van der Waals surface area contributed by atoms with Gasteiger partial charge in [-0.05, 0) is 38.8 Å². The molecule has 0 bridgehead atoms. The van der Waals surface area contributed by atoms with Gasteiger partial charge in [0.25, 0.3) is 0 Å². The van der Waals surface area contributed by atoms with E-state index in [-0.39, 0.29) is 0 Å². The average molecular weight is 180 g/mol. The largest absolute Gasteiger partial charge is 0.317 e. The third-order valence-corrected chi connectivity index (χ3v) is 2.56. The fourth-order valence-corrected chi connectivity index (χ4v) is 1.80. The summed E-state index contributed by atoms with van der Waals surface area (Å²) >= 11 is 0. The standard InChI is InChI=1S/C9H16N4/c1-8-11-7-13(12-8)6-9-2-4-10-5-3-9/h7,9-10H,2-6H2,1H3. The lowest BCUT2D eigenvalue weighted by molar-refractivity contribution is 0.320. The Morgan fingerprint density at radius 1 is 1.54 bits per heavy atom. The normalized spacial score (nSPS) is 19.2. The van der Waals surface area contributed by atoms with Gasteiger partial charge in [-0.15, -0.1) is 0 Å². The lowest BCUT2D eigenvalue weighted by Gasteiger charge is -2.21. The van der Waals surface area contributed by atoms with E-state index in [1.165, 1.54) is 12.8 Å². The van der Waals surface area contributed by atoms with Crippen molar-refractivity contribution in [2.45, 2.75) is 26.3 Å². The van der Waals surface area contributed by atoms with Crippen LogP contribution in [0.2, 0.25) is 0 Å². The van der Waals surface area contributed by atoms with E-state index in [0.29, 0.717) is 0 Å². The van der Waals surface area contributed by atoms with Crippen molar-refractivity contribution < 1.29 is 0 Å². The van der Waals surface area contributed by atoms with Crippen LogP contribution in [0.1, 0.15) is 18.7 Å². The third kappa shape index (κ3) is 2.28. The highest BCUT2D eigenvalue weighted by Crippen LogP contribution is 2.13. The van der Waals surface area contributed by atoms with E-state index < -0.39 is 0 Å². The summed E-state index contributed by atoms with van der Waals surface area (Å²) in [5, 5.41) is 7.65. The van der Waals surface area contributed by atoms with E-state index in [1.807, 2.05) is 17.9 Å². The second-order valence-corrected chi connectivity index (χ2v) is 3.71. The van der Waals surface area contributed by atoms with Gasteiger partial charge in [-0.2, -0.15) is 5.10 Å². The Balaban J connectivity index is 1.89. The van der Waals surface area contributed by atoms with Gasteiger partial charge in [0, 0.05) is 6.54 Å². The summed E-state index contributed by atoms with van der Waals surface area (Å²) in [5.74, 6) is 1.65. The molecule has 0 atom stereocenters. The predicted octanol–water partition coefficient (Wildman–Crippen LogP) is 0.586. The summed E-state index contributed by atoms with van der Waals surface area (Å²) in [6, 6.07) is 0. The molecule has 72 valence electrons. The van der Waals surface area contributed by atoms with Gasteiger partial charge in [-0.1, -0.05) is 0 Å². The van der Waals surface area contributed by atoms with Gasteiger partial charge in [-0.25, -0.2) is 4.98 Å². The van der Waals surface area contributed by atoms with Crippen LogP contribution in [0.3, 0.4) is 0 Å². The zero-order valence-electron chi connectivity index (χ0n) is 8.03. The summed E-state index contributed by atoms with van der Waals surface area (Å²) in [6.45, 7) is 5.26. The van der Waals surface area contributed by atoms with Gasteiger partial charge in [0.2, 0.25) is 0 Å². The zero-order chi connectivity index (χ0) is 9.10. The minimum absolute atomic E-state index is 0.780. The Morgan fingerprint density at radius 3 is 2.92 bits per heavy atom. The first-order valence-corrected chi connectivity index (χ1v) is 4.91. The Kier molecular flexibility index (Phi) is 2.59. The molecular weight excluding hydrogens is 164 g/mol. The maximum atomic E-state index is 4.29. The lowest BCUT2D eigenvalue weighted by Crippen LogP contribution is -2.30. The Bertz CT molecular complexity index is 262. The minimum atomic E-state index is 0.780. The van der Waals surface area contributed by atoms with E-state index in [1.54, 1.807) is 0 Å². The summed E-state index contributed by atoms with van der Waals surface area (Å²) < 4.78 is 1.96. The molecule has 1 saturated heterocycles. The summed E-state index contributed by atoms with van der Waals surface area (Å²) in [5.41, 5.74) is 0. The molecule has 0 aromatic carbocycles. The number of hydrogen-bond donors (Lipinski definition) is 1. The Labute approximate surface area is 78.4 Å². The molecule has 0 spiro atoms. The number of piperidine rings is 1. The van der Waals surface area contributed by atoms with Crippen LogP contribution < -0.4 is 5.32 Å². The number of rotatable bonds is 2. The second kappa shape index (κ2) is 3.87. The summed E-state index contributed by atoms with van der Waals surface area (Å²) in [4.78, 5) is 4.12. The molecule has 4 heteroatoms. The minimum Gasteiger partial charge on any atom is -0.317 e. The molecule has 0 aliphatic carbocycles. The van der Waals surface area contributed by atoms with Crippen LogP contribution in [0.15, 0.2) is 6.33 Å². The quantitative estimate of drug-likeness (QED) is 0.724. The Morgan fingerprint density at radius 2 is 2.31 bits per heavy atom. The second-order valence-electron chi connectivity index (χ2n) is 3.71. The van der Waals surface area contributed by atoms with Crippen LogP contribution >= 0.6 is 0 Å². The maximum absolute atomic E-state index is 4.29. The van der Waals surface area contributed by atoms with E-state index in [4.69, 9.17) is 0 Å². The van der Waals surface area contributed by atoms with E-state index in [0.717, 1.165) is 31.4 Å². The molecule has 1 fully saturated rings. The highest BCUT2D eigenvalue weighted by atomic mass is 15.3. The first kappa shape index (κ1) is 8.69. The fourth-order valence-electron chi connectivity index (χ4n) is 1.80. The number of hydrogen-bond acceptors (Lipinski definition) is 3. The van der Waals surface area contributed by atoms with Crippen molar-refractivity contribution in [3.05, 3.63) is 12.2 Å². The smallest absolute Gasteiger partial charge is 0.147 e. The van der Waals surface area contributed by atoms with Crippen molar-refractivity contribution in [3.63, 3.8) is 0 Å². The van der Waals surface area contributed by atoms with Crippen molar-refractivity contribution in [2.24, 2.45) is 5.92 Å². The van der Waals surface area contributed by atoms with Gasteiger partial charge in [0.05, 0.1) is 0 Å². The fraction of sp³-hybridized carbons (Fsp3) is 0.778. The lowest BCUT2D eigenvalue weighted by atomic mass is 9.98. The van der Waals surface area contributed by atoms with Crippen LogP contribution in [0.4, 0.5) is 0 Å². The molecule has 0 radical (unpaired) electrons. The Hall–Kier alpha value is -0.900. The van der Waals surface area contributed by atoms with Crippen molar-refractivity contribution >= 4 is 0 Å². The maximum Gasteiger partial charge on any atom is 0.147 e. The third-order valence-electron chi connectivity index (χ3n) is 2.56. The van der Waals surface area contributed by atoms with Gasteiger partial charge in [0.15, 0.2) is 0 Å². The van der Waals surface area contributed by atoms with Gasteiger partial charge in [-0.3, -0.25) is 4.68 Å². The molecule has 1 aliphatic rings. The van der Waals surface area contributed by atoms with Crippen LogP contribution in [0, 0.1) is 12.8 Å². The molecule has 1 aliphatic heterocycles. The molecule has 2 heterocycles. The van der Waals surface area contributed by atoms with E-state index in [2.05, 4.69) is 15.4 Å². The average Bonchev–Trinajstić information content (AvgIpc) is 2.53. The highest BCUT2D eigenvalue weighted by molar-refractivity contribution is 4.76. The van der Waals surface area contributed by atoms with E-state index >= 15 is 0 Å². The SMILES string of the molecule is Cc1ncn(CC2CCNCC2)n1. The molecule has 1 aromatic rings. The van der Waals surface area contributed by atoms with Crippen LogP contribution in [0.25, 0.3) is 0 Å². The molecule has 0 saturated carbocycles. The first-order valence-electron chi connectivity index (χ1n) is 4.91. The molecular formula is C9H16N4. The van der Waals surface area contributed by atoms with Gasteiger partial charge >= 0.3 is 0 Å². The van der Waals surface area contributed by atoms with Gasteiger partial charge < -0.3 is 5.32 Å². The number of aromatic nitrogens is 3. The topological polar surface area (TPSA) is 42.7 Å². The van der Waals surface area contributed by atoms with Crippen molar-refractivity contribution in [2.75, 3.05) is 13.1 Å².